The molecule has 5 atom stereocenters. The molecule has 242 valence electrons. The molecular formula is C36H51NO7. The van der Waals surface area contributed by atoms with E-state index in [0.29, 0.717) is 17.7 Å². The summed E-state index contributed by atoms with van der Waals surface area (Å²) in [5.74, 6) is -7.23. The molecule has 0 aromatic heterocycles. The maximum atomic E-state index is 13.9. The summed E-state index contributed by atoms with van der Waals surface area (Å²) < 4.78 is 9.95. The van der Waals surface area contributed by atoms with Gasteiger partial charge in [0.2, 0.25) is 5.91 Å². The molecular weight excluding hydrogens is 558 g/mol. The second-order valence-corrected chi connectivity index (χ2v) is 13.2. The van der Waals surface area contributed by atoms with E-state index in [1.54, 1.807) is 31.2 Å². The highest BCUT2D eigenvalue weighted by atomic mass is 16.6. The van der Waals surface area contributed by atoms with Crippen LogP contribution in [0, 0.1) is 17.8 Å². The van der Waals surface area contributed by atoms with Crippen LogP contribution < -0.4 is 5.32 Å². The average molecular weight is 610 g/mol. The summed E-state index contributed by atoms with van der Waals surface area (Å²) in [6, 6.07) is 7.03. The Morgan fingerprint density at radius 3 is 1.84 bits per heavy atom. The predicted molar refractivity (Wildman–Crippen MR) is 166 cm³/mol. The number of ether oxygens (including phenoxy) is 2. The first kappa shape index (κ1) is 33.9. The zero-order valence-electron chi connectivity index (χ0n) is 26.7. The summed E-state index contributed by atoms with van der Waals surface area (Å²) in [5, 5.41) is 2.99. The lowest BCUT2D eigenvalue weighted by Crippen LogP contribution is -2.56. The molecule has 2 fully saturated rings. The first-order chi connectivity index (χ1) is 21.3. The fourth-order valence-electron chi connectivity index (χ4n) is 7.73. The number of cyclic esters (lactones) is 4. The van der Waals surface area contributed by atoms with Gasteiger partial charge in [0.05, 0.1) is 30.1 Å². The lowest BCUT2D eigenvalue weighted by atomic mass is 9.52. The molecule has 44 heavy (non-hydrogen) atoms. The van der Waals surface area contributed by atoms with Gasteiger partial charge in [-0.05, 0) is 17.5 Å². The third kappa shape index (κ3) is 7.78. The van der Waals surface area contributed by atoms with Crippen LogP contribution in [-0.4, -0.2) is 36.3 Å². The monoisotopic (exact) mass is 609 g/mol. The van der Waals surface area contributed by atoms with Crippen LogP contribution in [0.1, 0.15) is 140 Å². The van der Waals surface area contributed by atoms with E-state index in [-0.39, 0.29) is 6.42 Å². The molecule has 1 amide bonds. The number of benzene rings is 1. The zero-order valence-corrected chi connectivity index (χ0v) is 26.7. The number of unbranched alkanes of at least 4 members (excludes halogenated alkanes) is 15. The highest BCUT2D eigenvalue weighted by molar-refractivity contribution is 6.04. The van der Waals surface area contributed by atoms with Crippen molar-refractivity contribution < 1.29 is 33.4 Å². The molecule has 1 aromatic rings. The maximum Gasteiger partial charge on any atom is 0.321 e. The SMILES string of the molecule is CCCCCCCCCCCCCCCCCCNC(=O)C1C2C(=O)OC(=O)C2c2ccccc2C1(C)C1CC(=O)OC1=O. The van der Waals surface area contributed by atoms with Gasteiger partial charge < -0.3 is 14.8 Å². The first-order valence-corrected chi connectivity index (χ1v) is 17.2. The highest BCUT2D eigenvalue weighted by Gasteiger charge is 2.65. The molecule has 5 unspecified atom stereocenters. The molecule has 1 N–H and O–H groups in total. The molecule has 1 aromatic carbocycles. The Kier molecular flexibility index (Phi) is 12.6. The average Bonchev–Trinajstić information content (AvgIpc) is 3.50. The highest BCUT2D eigenvalue weighted by Crippen LogP contribution is 2.57. The number of rotatable bonds is 19. The Bertz CT molecular complexity index is 1180. The van der Waals surface area contributed by atoms with E-state index in [0.717, 1.165) is 19.3 Å². The van der Waals surface area contributed by atoms with Crippen molar-refractivity contribution in [3.05, 3.63) is 35.4 Å². The number of amides is 1. The standard InChI is InChI=1S/C36H51NO7/c1-3-4-5-6-7-8-9-10-11-12-13-14-15-16-17-20-23-37-32(39)31-30-29(34(41)44-35(30)42)25-21-18-19-22-26(25)36(31,2)27-24-28(38)43-33(27)40/h18-19,21-22,27,29-31H,3-17,20,23-24H2,1-2H3,(H,37,39). The second-order valence-electron chi connectivity index (χ2n) is 13.2. The summed E-state index contributed by atoms with van der Waals surface area (Å²) in [6.07, 6.45) is 20.0. The number of hydrogen-bond donors (Lipinski definition) is 1. The van der Waals surface area contributed by atoms with Crippen LogP contribution >= 0.6 is 0 Å². The van der Waals surface area contributed by atoms with Crippen molar-refractivity contribution in [2.24, 2.45) is 17.8 Å². The van der Waals surface area contributed by atoms with E-state index in [2.05, 4.69) is 12.2 Å². The van der Waals surface area contributed by atoms with Crippen LogP contribution in [0.25, 0.3) is 0 Å². The van der Waals surface area contributed by atoms with Crippen molar-refractivity contribution in [1.29, 1.82) is 0 Å². The van der Waals surface area contributed by atoms with E-state index in [1.807, 2.05) is 0 Å². The lowest BCUT2D eigenvalue weighted by molar-refractivity contribution is -0.158. The van der Waals surface area contributed by atoms with Gasteiger partial charge in [-0.1, -0.05) is 134 Å². The molecule has 0 spiro atoms. The van der Waals surface area contributed by atoms with Crippen LogP contribution in [0.4, 0.5) is 0 Å². The fraction of sp³-hybridized carbons (Fsp3) is 0.694. The van der Waals surface area contributed by atoms with Crippen LogP contribution in [0.15, 0.2) is 24.3 Å². The van der Waals surface area contributed by atoms with Gasteiger partial charge in [-0.15, -0.1) is 0 Å². The minimum Gasteiger partial charge on any atom is -0.393 e. The quantitative estimate of drug-likeness (QED) is 0.104. The van der Waals surface area contributed by atoms with E-state index >= 15 is 0 Å². The van der Waals surface area contributed by atoms with E-state index in [4.69, 9.17) is 9.47 Å². The minimum absolute atomic E-state index is 0.188. The zero-order chi connectivity index (χ0) is 31.5. The summed E-state index contributed by atoms with van der Waals surface area (Å²) >= 11 is 0. The van der Waals surface area contributed by atoms with Crippen LogP contribution in [-0.2, 0) is 38.9 Å². The smallest absolute Gasteiger partial charge is 0.321 e. The van der Waals surface area contributed by atoms with Crippen LogP contribution in [0.3, 0.4) is 0 Å². The topological polar surface area (TPSA) is 116 Å². The molecule has 8 nitrogen and oxygen atoms in total. The van der Waals surface area contributed by atoms with Crippen molar-refractivity contribution in [2.45, 2.75) is 134 Å². The summed E-state index contributed by atoms with van der Waals surface area (Å²) in [5.41, 5.74) is -0.0689. The molecule has 8 heteroatoms. The Hall–Kier alpha value is -3.03. The molecule has 0 saturated carbocycles. The summed E-state index contributed by atoms with van der Waals surface area (Å²) in [6.45, 7) is 4.43. The first-order valence-electron chi connectivity index (χ1n) is 17.2. The molecule has 2 heterocycles. The van der Waals surface area contributed by atoms with Gasteiger partial charge in [-0.25, -0.2) is 0 Å². The van der Waals surface area contributed by atoms with E-state index < -0.39 is 58.9 Å². The van der Waals surface area contributed by atoms with Gasteiger partial charge in [-0.3, -0.25) is 24.0 Å². The molecule has 0 bridgehead atoms. The number of carbonyl (C=O) groups is 5. The van der Waals surface area contributed by atoms with E-state index in [9.17, 15) is 24.0 Å². The summed E-state index contributed by atoms with van der Waals surface area (Å²) in [7, 11) is 0. The number of hydrogen-bond acceptors (Lipinski definition) is 7. The number of carbonyl (C=O) groups excluding carboxylic acids is 5. The van der Waals surface area contributed by atoms with Gasteiger partial charge in [0.1, 0.15) is 0 Å². The molecule has 0 radical (unpaired) electrons. The normalized spacial score (nSPS) is 25.9. The molecule has 1 aliphatic carbocycles. The van der Waals surface area contributed by atoms with Crippen molar-refractivity contribution in [3.63, 3.8) is 0 Å². The third-order valence-corrected chi connectivity index (χ3v) is 10.2. The van der Waals surface area contributed by atoms with Gasteiger partial charge in [0.25, 0.3) is 0 Å². The van der Waals surface area contributed by atoms with Crippen molar-refractivity contribution in [3.8, 4) is 0 Å². The van der Waals surface area contributed by atoms with Gasteiger partial charge in [0.15, 0.2) is 0 Å². The second kappa shape index (κ2) is 16.3. The number of fused-ring (bicyclic) bond motifs is 3. The van der Waals surface area contributed by atoms with Gasteiger partial charge in [-0.2, -0.15) is 0 Å². The molecule has 2 saturated heterocycles. The van der Waals surface area contributed by atoms with Gasteiger partial charge in [0, 0.05) is 12.0 Å². The molecule has 4 rings (SSSR count). The Balaban J connectivity index is 1.24. The summed E-state index contributed by atoms with van der Waals surface area (Å²) in [4.78, 5) is 64.7. The van der Waals surface area contributed by atoms with Crippen LogP contribution in [0.2, 0.25) is 0 Å². The Labute approximate surface area is 262 Å². The number of esters is 4. The fourth-order valence-corrected chi connectivity index (χ4v) is 7.73. The maximum absolute atomic E-state index is 13.9. The molecule has 3 aliphatic rings. The minimum atomic E-state index is -1.23. The van der Waals surface area contributed by atoms with Gasteiger partial charge >= 0.3 is 23.9 Å². The predicted octanol–water partition coefficient (Wildman–Crippen LogP) is 6.82. The van der Waals surface area contributed by atoms with E-state index in [1.165, 1.54) is 83.5 Å². The van der Waals surface area contributed by atoms with Crippen molar-refractivity contribution in [1.82, 2.24) is 5.32 Å². The molecule has 2 aliphatic heterocycles. The lowest BCUT2D eigenvalue weighted by Gasteiger charge is -2.47. The third-order valence-electron chi connectivity index (χ3n) is 10.2. The van der Waals surface area contributed by atoms with Crippen molar-refractivity contribution in [2.75, 3.05) is 6.54 Å². The largest absolute Gasteiger partial charge is 0.393 e. The van der Waals surface area contributed by atoms with Crippen LogP contribution in [0.5, 0.6) is 0 Å². The Morgan fingerprint density at radius 2 is 1.30 bits per heavy atom. The number of nitrogens with one attached hydrogen (secondary N) is 1. The Morgan fingerprint density at radius 1 is 0.750 bits per heavy atom. The van der Waals surface area contributed by atoms with Crippen molar-refractivity contribution >= 4 is 29.8 Å².